The fraction of sp³-hybridized carbons (Fsp3) is 0.769. The summed E-state index contributed by atoms with van der Waals surface area (Å²) in [7, 11) is 0. The first-order valence-corrected chi connectivity index (χ1v) is 6.31. The largest absolute Gasteiger partial charge is 0.463 e. The average Bonchev–Trinajstić information content (AvgIpc) is 2.45. The van der Waals surface area contributed by atoms with E-state index < -0.39 is 0 Å². The fourth-order valence-electron chi connectivity index (χ4n) is 2.08. The van der Waals surface area contributed by atoms with Gasteiger partial charge < -0.3 is 4.74 Å². The number of carbonyl (C=O) groups excluding carboxylic acids is 1. The smallest absolute Gasteiger partial charge is 0.330 e. The van der Waals surface area contributed by atoms with E-state index in [4.69, 9.17) is 4.74 Å². The predicted octanol–water partition coefficient (Wildman–Crippen LogP) is 2.37. The first kappa shape index (κ1) is 13.2. The van der Waals surface area contributed by atoms with Crippen LogP contribution in [-0.4, -0.2) is 36.6 Å². The molecule has 1 fully saturated rings. The van der Waals surface area contributed by atoms with Gasteiger partial charge in [-0.05, 0) is 33.2 Å². The van der Waals surface area contributed by atoms with Crippen LogP contribution >= 0.6 is 0 Å². The lowest BCUT2D eigenvalue weighted by molar-refractivity contribution is -0.137. The number of nitrogens with zero attached hydrogens (tertiary/aromatic N) is 1. The molecule has 1 aliphatic heterocycles. The molecule has 3 heteroatoms. The number of carbonyl (C=O) groups is 1. The Bertz CT molecular complexity index is 238. The van der Waals surface area contributed by atoms with Gasteiger partial charge in [-0.25, -0.2) is 4.79 Å². The highest BCUT2D eigenvalue weighted by Crippen LogP contribution is 2.15. The van der Waals surface area contributed by atoms with Crippen molar-refractivity contribution in [1.82, 2.24) is 4.90 Å². The van der Waals surface area contributed by atoms with Crippen LogP contribution in [0.1, 0.15) is 39.5 Å². The van der Waals surface area contributed by atoms with Crippen LogP contribution < -0.4 is 0 Å². The maximum absolute atomic E-state index is 11.1. The van der Waals surface area contributed by atoms with Crippen LogP contribution in [0, 0.1) is 0 Å². The minimum atomic E-state index is -0.232. The van der Waals surface area contributed by atoms with E-state index in [1.54, 1.807) is 6.08 Å². The maximum Gasteiger partial charge on any atom is 0.330 e. The summed E-state index contributed by atoms with van der Waals surface area (Å²) in [6.45, 7) is 6.55. The summed E-state index contributed by atoms with van der Waals surface area (Å²) in [6.07, 6.45) is 8.67. The van der Waals surface area contributed by atoms with E-state index in [9.17, 15) is 4.79 Å². The topological polar surface area (TPSA) is 29.5 Å². The van der Waals surface area contributed by atoms with E-state index in [-0.39, 0.29) is 5.97 Å². The molecule has 3 nitrogen and oxygen atoms in total. The molecule has 0 radical (unpaired) electrons. The molecule has 1 unspecified atom stereocenters. The van der Waals surface area contributed by atoms with E-state index in [0.29, 0.717) is 12.6 Å². The summed E-state index contributed by atoms with van der Waals surface area (Å²) in [5.74, 6) is -0.232. The Morgan fingerprint density at radius 1 is 1.44 bits per heavy atom. The molecule has 0 N–H and O–H groups in total. The van der Waals surface area contributed by atoms with Crippen molar-refractivity contribution in [2.45, 2.75) is 45.6 Å². The summed E-state index contributed by atoms with van der Waals surface area (Å²) in [4.78, 5) is 13.5. The summed E-state index contributed by atoms with van der Waals surface area (Å²) in [5, 5.41) is 0. The average molecular weight is 225 g/mol. The molecule has 0 spiro atoms. The van der Waals surface area contributed by atoms with Crippen molar-refractivity contribution < 1.29 is 9.53 Å². The number of likely N-dealkylation sites (tertiary alicyclic amines) is 1. The Hall–Kier alpha value is -0.830. The van der Waals surface area contributed by atoms with Crippen LogP contribution in [0.2, 0.25) is 0 Å². The van der Waals surface area contributed by atoms with Gasteiger partial charge in [0.25, 0.3) is 0 Å². The molecule has 0 aromatic rings. The fourth-order valence-corrected chi connectivity index (χ4v) is 2.08. The van der Waals surface area contributed by atoms with Gasteiger partial charge >= 0.3 is 5.97 Å². The summed E-state index contributed by atoms with van der Waals surface area (Å²) < 4.78 is 4.84. The molecular weight excluding hydrogens is 202 g/mol. The zero-order chi connectivity index (χ0) is 11.8. The van der Waals surface area contributed by atoms with Gasteiger partial charge in [0.15, 0.2) is 0 Å². The van der Waals surface area contributed by atoms with Gasteiger partial charge in [-0.1, -0.05) is 18.9 Å². The van der Waals surface area contributed by atoms with Crippen LogP contribution in [0.15, 0.2) is 12.2 Å². The Kier molecular flexibility index (Phi) is 6.16. The van der Waals surface area contributed by atoms with Crippen molar-refractivity contribution in [1.29, 1.82) is 0 Å². The van der Waals surface area contributed by atoms with E-state index >= 15 is 0 Å². The van der Waals surface area contributed by atoms with Gasteiger partial charge in [0.05, 0.1) is 6.61 Å². The number of rotatable bonds is 4. The third kappa shape index (κ3) is 4.79. The first-order chi connectivity index (χ1) is 7.74. The van der Waals surface area contributed by atoms with E-state index in [0.717, 1.165) is 13.1 Å². The SMILES string of the molecule is CCOC(=O)/C=C/CN1CCCCCC1C. The third-order valence-corrected chi connectivity index (χ3v) is 3.07. The molecule has 0 bridgehead atoms. The summed E-state index contributed by atoms with van der Waals surface area (Å²) >= 11 is 0. The van der Waals surface area contributed by atoms with Crippen LogP contribution in [0.3, 0.4) is 0 Å². The first-order valence-electron chi connectivity index (χ1n) is 6.31. The quantitative estimate of drug-likeness (QED) is 0.543. The molecule has 1 aliphatic rings. The molecule has 1 heterocycles. The number of hydrogen-bond acceptors (Lipinski definition) is 3. The van der Waals surface area contributed by atoms with Crippen molar-refractivity contribution in [3.8, 4) is 0 Å². The van der Waals surface area contributed by atoms with E-state index in [2.05, 4.69) is 11.8 Å². The molecular formula is C13H23NO2. The number of ether oxygens (including phenoxy) is 1. The molecule has 0 amide bonds. The lowest BCUT2D eigenvalue weighted by Gasteiger charge is -2.25. The summed E-state index contributed by atoms with van der Waals surface area (Å²) in [6, 6.07) is 0.634. The lowest BCUT2D eigenvalue weighted by Crippen LogP contribution is -2.32. The van der Waals surface area contributed by atoms with Crippen molar-refractivity contribution in [2.75, 3.05) is 19.7 Å². The maximum atomic E-state index is 11.1. The molecule has 0 saturated carbocycles. The molecule has 16 heavy (non-hydrogen) atoms. The van der Waals surface area contributed by atoms with Crippen LogP contribution in [0.5, 0.6) is 0 Å². The Labute approximate surface area is 98.5 Å². The normalized spacial score (nSPS) is 23.2. The van der Waals surface area contributed by atoms with Gasteiger partial charge in [0.1, 0.15) is 0 Å². The molecule has 1 rings (SSSR count). The monoisotopic (exact) mass is 225 g/mol. The minimum Gasteiger partial charge on any atom is -0.463 e. The van der Waals surface area contributed by atoms with Crippen molar-refractivity contribution in [2.24, 2.45) is 0 Å². The second-order valence-electron chi connectivity index (χ2n) is 4.35. The van der Waals surface area contributed by atoms with E-state index in [1.807, 2.05) is 13.0 Å². The van der Waals surface area contributed by atoms with Crippen LogP contribution in [-0.2, 0) is 9.53 Å². The van der Waals surface area contributed by atoms with Crippen molar-refractivity contribution in [3.63, 3.8) is 0 Å². The molecule has 0 aliphatic carbocycles. The van der Waals surface area contributed by atoms with Gasteiger partial charge in [-0.15, -0.1) is 0 Å². The highest BCUT2D eigenvalue weighted by atomic mass is 16.5. The van der Waals surface area contributed by atoms with Crippen molar-refractivity contribution in [3.05, 3.63) is 12.2 Å². The molecule has 0 aromatic carbocycles. The highest BCUT2D eigenvalue weighted by molar-refractivity contribution is 5.81. The zero-order valence-corrected chi connectivity index (χ0v) is 10.4. The minimum absolute atomic E-state index is 0.232. The second kappa shape index (κ2) is 7.44. The number of hydrogen-bond donors (Lipinski definition) is 0. The second-order valence-corrected chi connectivity index (χ2v) is 4.35. The lowest BCUT2D eigenvalue weighted by atomic mass is 10.1. The standard InChI is InChI=1S/C13H23NO2/c1-3-16-13(15)9-7-11-14-10-6-4-5-8-12(14)2/h7,9,12H,3-6,8,10-11H2,1-2H3/b9-7+. The summed E-state index contributed by atoms with van der Waals surface area (Å²) in [5.41, 5.74) is 0. The van der Waals surface area contributed by atoms with Crippen molar-refractivity contribution >= 4 is 5.97 Å². The Morgan fingerprint density at radius 2 is 2.25 bits per heavy atom. The third-order valence-electron chi connectivity index (χ3n) is 3.07. The Morgan fingerprint density at radius 3 is 3.00 bits per heavy atom. The van der Waals surface area contributed by atoms with Crippen LogP contribution in [0.4, 0.5) is 0 Å². The zero-order valence-electron chi connectivity index (χ0n) is 10.4. The van der Waals surface area contributed by atoms with Gasteiger partial charge in [0, 0.05) is 18.7 Å². The Balaban J connectivity index is 2.31. The van der Waals surface area contributed by atoms with Gasteiger partial charge in [0.2, 0.25) is 0 Å². The van der Waals surface area contributed by atoms with Gasteiger partial charge in [-0.2, -0.15) is 0 Å². The number of esters is 1. The predicted molar refractivity (Wildman–Crippen MR) is 65.3 cm³/mol. The molecule has 1 saturated heterocycles. The van der Waals surface area contributed by atoms with E-state index in [1.165, 1.54) is 25.7 Å². The molecule has 92 valence electrons. The van der Waals surface area contributed by atoms with Crippen LogP contribution in [0.25, 0.3) is 0 Å². The molecule has 1 atom stereocenters. The highest BCUT2D eigenvalue weighted by Gasteiger charge is 2.14. The molecule has 0 aromatic heterocycles. The van der Waals surface area contributed by atoms with Gasteiger partial charge in [-0.3, -0.25) is 4.90 Å².